The van der Waals surface area contributed by atoms with E-state index in [4.69, 9.17) is 10.5 Å². The summed E-state index contributed by atoms with van der Waals surface area (Å²) in [6.07, 6.45) is 2.88. The molecule has 2 atom stereocenters. The van der Waals surface area contributed by atoms with Crippen LogP contribution in [-0.4, -0.2) is 79.2 Å². The van der Waals surface area contributed by atoms with E-state index in [9.17, 15) is 9.59 Å². The first-order valence-electron chi connectivity index (χ1n) is 13.8. The molecule has 2 heterocycles. The molecule has 2 aliphatic heterocycles. The summed E-state index contributed by atoms with van der Waals surface area (Å²) >= 11 is 0. The molecule has 37 heavy (non-hydrogen) atoms. The first kappa shape index (κ1) is 27.3. The minimum absolute atomic E-state index is 0.0855. The Morgan fingerprint density at radius 2 is 1.78 bits per heavy atom. The number of carbonyl (C=O) groups excluding carboxylic acids is 2. The zero-order valence-electron chi connectivity index (χ0n) is 22.6. The monoisotopic (exact) mass is 507 g/mol. The topological polar surface area (TPSA) is 84.7 Å². The van der Waals surface area contributed by atoms with E-state index in [1.54, 1.807) is 0 Å². The Kier molecular flexibility index (Phi) is 9.00. The Morgan fingerprint density at radius 3 is 2.43 bits per heavy atom. The first-order valence-corrected chi connectivity index (χ1v) is 13.8. The Bertz CT molecular complexity index is 1060. The number of rotatable bonds is 8. The highest BCUT2D eigenvalue weighted by atomic mass is 16.5. The molecule has 2 amide bonds. The SMILES string of the molecule is CC[N+]1(C(C)Cc2cccc(NC(=O)c3ccc(C)cc3)c2)CCC(C(N)C(=O)N2CCOCC2)CC1. The number of likely N-dealkylation sites (tertiary alicyclic amines) is 1. The second-order valence-electron chi connectivity index (χ2n) is 10.9. The smallest absolute Gasteiger partial charge is 0.255 e. The third-order valence-electron chi connectivity index (χ3n) is 8.60. The van der Waals surface area contributed by atoms with Gasteiger partial charge in [-0.3, -0.25) is 9.59 Å². The van der Waals surface area contributed by atoms with Crippen molar-refractivity contribution >= 4 is 17.5 Å². The van der Waals surface area contributed by atoms with E-state index in [0.29, 0.717) is 37.9 Å². The van der Waals surface area contributed by atoms with Gasteiger partial charge in [0.25, 0.3) is 5.91 Å². The largest absolute Gasteiger partial charge is 0.378 e. The van der Waals surface area contributed by atoms with Gasteiger partial charge in [-0.15, -0.1) is 0 Å². The number of hydrogen-bond acceptors (Lipinski definition) is 4. The summed E-state index contributed by atoms with van der Waals surface area (Å²) in [5.74, 6) is 0.232. The number of anilines is 1. The molecule has 0 saturated carbocycles. The fourth-order valence-corrected chi connectivity index (χ4v) is 5.95. The number of aryl methyl sites for hydroxylation is 1. The molecule has 2 saturated heterocycles. The van der Waals surface area contributed by atoms with Crippen molar-refractivity contribution in [1.29, 1.82) is 0 Å². The van der Waals surface area contributed by atoms with Crippen molar-refractivity contribution in [3.05, 3.63) is 65.2 Å². The summed E-state index contributed by atoms with van der Waals surface area (Å²) in [6.45, 7) is 12.3. The van der Waals surface area contributed by atoms with E-state index in [2.05, 4.69) is 31.3 Å². The van der Waals surface area contributed by atoms with Crippen LogP contribution >= 0.6 is 0 Å². The molecule has 0 bridgehead atoms. The molecule has 0 aromatic heterocycles. The van der Waals surface area contributed by atoms with Crippen molar-refractivity contribution in [2.45, 2.75) is 52.1 Å². The molecular formula is C30H43N4O3+. The number of nitrogens with two attached hydrogens (primary N) is 1. The van der Waals surface area contributed by atoms with Crippen molar-refractivity contribution in [2.75, 3.05) is 51.3 Å². The number of quaternary nitrogens is 1. The van der Waals surface area contributed by atoms with Crippen molar-refractivity contribution in [2.24, 2.45) is 11.7 Å². The van der Waals surface area contributed by atoms with Crippen molar-refractivity contribution in [1.82, 2.24) is 4.90 Å². The zero-order chi connectivity index (χ0) is 26.4. The Hall–Kier alpha value is -2.74. The highest BCUT2D eigenvalue weighted by molar-refractivity contribution is 6.04. The fraction of sp³-hybridized carbons (Fsp3) is 0.533. The average molecular weight is 508 g/mol. The molecule has 2 aromatic rings. The Morgan fingerprint density at radius 1 is 1.11 bits per heavy atom. The van der Waals surface area contributed by atoms with E-state index in [1.165, 1.54) is 5.56 Å². The van der Waals surface area contributed by atoms with Gasteiger partial charge in [0.05, 0.1) is 44.9 Å². The minimum atomic E-state index is -0.415. The molecule has 7 heteroatoms. The second kappa shape index (κ2) is 12.2. The molecule has 200 valence electrons. The number of nitrogens with one attached hydrogen (secondary N) is 1. The molecule has 2 aromatic carbocycles. The number of nitrogens with zero attached hydrogens (tertiary/aromatic N) is 2. The number of morpholine rings is 1. The Balaban J connectivity index is 1.34. The normalized spacial score (nSPS) is 23.8. The second-order valence-corrected chi connectivity index (χ2v) is 10.9. The van der Waals surface area contributed by atoms with Crippen molar-refractivity contribution in [3.8, 4) is 0 Å². The van der Waals surface area contributed by atoms with Gasteiger partial charge in [0.1, 0.15) is 0 Å². The van der Waals surface area contributed by atoms with Crippen LogP contribution in [0.25, 0.3) is 0 Å². The molecule has 2 aliphatic rings. The van der Waals surface area contributed by atoms with Crippen molar-refractivity contribution < 1.29 is 18.8 Å². The lowest BCUT2D eigenvalue weighted by Gasteiger charge is -2.48. The summed E-state index contributed by atoms with van der Waals surface area (Å²) in [4.78, 5) is 27.5. The molecule has 0 radical (unpaired) electrons. The maximum absolute atomic E-state index is 12.9. The van der Waals surface area contributed by atoms with Crippen LogP contribution in [0.2, 0.25) is 0 Å². The van der Waals surface area contributed by atoms with E-state index in [0.717, 1.165) is 54.6 Å². The number of benzene rings is 2. The summed E-state index contributed by atoms with van der Waals surface area (Å²) in [6, 6.07) is 15.8. The predicted molar refractivity (Wildman–Crippen MR) is 147 cm³/mol. The molecule has 0 spiro atoms. The highest BCUT2D eigenvalue weighted by Gasteiger charge is 2.40. The third kappa shape index (κ3) is 6.58. The summed E-state index contributed by atoms with van der Waals surface area (Å²) < 4.78 is 6.42. The third-order valence-corrected chi connectivity index (χ3v) is 8.60. The first-order chi connectivity index (χ1) is 17.8. The van der Waals surface area contributed by atoms with Crippen LogP contribution in [0.3, 0.4) is 0 Å². The summed E-state index contributed by atoms with van der Waals surface area (Å²) in [5.41, 5.74) is 10.3. The van der Waals surface area contributed by atoms with Gasteiger partial charge in [-0.2, -0.15) is 0 Å². The molecule has 2 fully saturated rings. The molecule has 7 nitrogen and oxygen atoms in total. The van der Waals surface area contributed by atoms with E-state index >= 15 is 0 Å². The van der Waals surface area contributed by atoms with Crippen LogP contribution in [0.4, 0.5) is 5.69 Å². The van der Waals surface area contributed by atoms with Gasteiger partial charge in [0.2, 0.25) is 5.91 Å². The van der Waals surface area contributed by atoms with Crippen LogP contribution in [-0.2, 0) is 16.0 Å². The summed E-state index contributed by atoms with van der Waals surface area (Å²) in [7, 11) is 0. The van der Waals surface area contributed by atoms with Gasteiger partial charge < -0.3 is 25.2 Å². The fourth-order valence-electron chi connectivity index (χ4n) is 5.95. The quantitative estimate of drug-likeness (QED) is 0.535. The number of piperidine rings is 1. The molecule has 4 rings (SSSR count). The van der Waals surface area contributed by atoms with Crippen LogP contribution < -0.4 is 11.1 Å². The Labute approximate surface area is 221 Å². The lowest BCUT2D eigenvalue weighted by atomic mass is 9.86. The standard InChI is InChI=1S/C30H42N4O3/c1-4-34(16-12-25(13-17-34)28(31)30(36)33-14-18-37-19-15-33)23(3)20-24-6-5-7-27(21-24)32-29(35)26-10-8-22(2)9-11-26/h5-11,21,23,25,28H,4,12-20,31H2,1-3H3/p+1. The van der Waals surface area contributed by atoms with Gasteiger partial charge in [-0.1, -0.05) is 29.8 Å². The van der Waals surface area contributed by atoms with Crippen LogP contribution in [0.1, 0.15) is 48.2 Å². The maximum Gasteiger partial charge on any atom is 0.255 e. The van der Waals surface area contributed by atoms with Gasteiger partial charge in [0.15, 0.2) is 0 Å². The molecule has 2 unspecified atom stereocenters. The number of amides is 2. The van der Waals surface area contributed by atoms with Crippen LogP contribution in [0.5, 0.6) is 0 Å². The van der Waals surface area contributed by atoms with Crippen LogP contribution in [0, 0.1) is 12.8 Å². The molecular weight excluding hydrogens is 464 g/mol. The van der Waals surface area contributed by atoms with Gasteiger partial charge in [0, 0.05) is 43.6 Å². The van der Waals surface area contributed by atoms with Crippen molar-refractivity contribution in [3.63, 3.8) is 0 Å². The average Bonchev–Trinajstić information content (AvgIpc) is 2.93. The number of hydrogen-bond donors (Lipinski definition) is 2. The zero-order valence-corrected chi connectivity index (χ0v) is 22.6. The molecule has 0 aliphatic carbocycles. The predicted octanol–water partition coefficient (Wildman–Crippen LogP) is 3.61. The maximum atomic E-state index is 12.9. The minimum Gasteiger partial charge on any atom is -0.378 e. The lowest BCUT2D eigenvalue weighted by Crippen LogP contribution is -2.61. The van der Waals surface area contributed by atoms with E-state index < -0.39 is 6.04 Å². The lowest BCUT2D eigenvalue weighted by molar-refractivity contribution is -0.953. The van der Waals surface area contributed by atoms with E-state index in [1.807, 2.05) is 48.2 Å². The number of carbonyl (C=O) groups is 2. The summed E-state index contributed by atoms with van der Waals surface area (Å²) in [5, 5.41) is 3.05. The molecule has 3 N–H and O–H groups in total. The van der Waals surface area contributed by atoms with Gasteiger partial charge >= 0.3 is 0 Å². The van der Waals surface area contributed by atoms with E-state index in [-0.39, 0.29) is 17.7 Å². The van der Waals surface area contributed by atoms with Crippen LogP contribution in [0.15, 0.2) is 48.5 Å². The van der Waals surface area contributed by atoms with Gasteiger partial charge in [-0.25, -0.2) is 0 Å². The van der Waals surface area contributed by atoms with Gasteiger partial charge in [-0.05, 0) is 56.5 Å². The number of likely N-dealkylation sites (N-methyl/N-ethyl adjacent to an activating group) is 1. The highest BCUT2D eigenvalue weighted by Crippen LogP contribution is 2.30. The number of ether oxygens (including phenoxy) is 1.